The summed E-state index contributed by atoms with van der Waals surface area (Å²) in [6.07, 6.45) is 0.0182. The Hall–Kier alpha value is -0.995. The Morgan fingerprint density at radius 3 is 2.13 bits per heavy atom. The van der Waals surface area contributed by atoms with Crippen LogP contribution in [0.25, 0.3) is 0 Å². The number of hydrogen-bond acceptors (Lipinski definition) is 3. The Labute approximate surface area is 90.9 Å². The van der Waals surface area contributed by atoms with Gasteiger partial charge in [0.15, 0.2) is 0 Å². The molecule has 0 heterocycles. The molecule has 0 aliphatic rings. The van der Waals surface area contributed by atoms with E-state index in [1.54, 1.807) is 6.07 Å². The molecule has 15 heavy (non-hydrogen) atoms. The Morgan fingerprint density at radius 1 is 1.13 bits per heavy atom. The Morgan fingerprint density at radius 2 is 1.67 bits per heavy atom. The van der Waals surface area contributed by atoms with E-state index in [-0.39, 0.29) is 6.10 Å². The van der Waals surface area contributed by atoms with Crippen molar-refractivity contribution < 1.29 is 14.8 Å². The fourth-order valence-corrected chi connectivity index (χ4v) is 1.37. The van der Waals surface area contributed by atoms with Crippen molar-refractivity contribution in [2.24, 2.45) is 0 Å². The largest absolute Gasteiger partial charge is 0.492 e. The van der Waals surface area contributed by atoms with Crippen LogP contribution >= 0.6 is 0 Å². The molecule has 1 aromatic rings. The van der Waals surface area contributed by atoms with E-state index < -0.39 is 7.12 Å². The average molecular weight is 208 g/mol. The summed E-state index contributed by atoms with van der Waals surface area (Å²) in [5.41, 5.74) is 2.52. The van der Waals surface area contributed by atoms with Gasteiger partial charge in [0.1, 0.15) is 5.75 Å². The van der Waals surface area contributed by atoms with E-state index in [9.17, 15) is 10.0 Å². The van der Waals surface area contributed by atoms with Gasteiger partial charge in [-0.25, -0.2) is 0 Å². The molecular formula is C11H17BO3. The summed E-state index contributed by atoms with van der Waals surface area (Å²) in [4.78, 5) is 0. The van der Waals surface area contributed by atoms with Gasteiger partial charge in [0, 0.05) is 5.46 Å². The van der Waals surface area contributed by atoms with Crippen LogP contribution in [0.2, 0.25) is 0 Å². The first kappa shape index (κ1) is 12.1. The van der Waals surface area contributed by atoms with Crippen LogP contribution in [0.1, 0.15) is 25.0 Å². The number of benzene rings is 1. The minimum atomic E-state index is -1.49. The minimum absolute atomic E-state index is 0.0182. The van der Waals surface area contributed by atoms with E-state index in [4.69, 9.17) is 4.74 Å². The van der Waals surface area contributed by atoms with Crippen molar-refractivity contribution in [3.05, 3.63) is 23.3 Å². The molecule has 1 rings (SSSR count). The van der Waals surface area contributed by atoms with E-state index in [0.717, 1.165) is 11.1 Å². The van der Waals surface area contributed by atoms with Crippen molar-refractivity contribution >= 4 is 12.6 Å². The van der Waals surface area contributed by atoms with Crippen molar-refractivity contribution in [3.63, 3.8) is 0 Å². The molecule has 0 bridgehead atoms. The van der Waals surface area contributed by atoms with E-state index in [1.807, 2.05) is 33.8 Å². The lowest BCUT2D eigenvalue weighted by Crippen LogP contribution is -2.32. The van der Waals surface area contributed by atoms with Crippen LogP contribution in [-0.4, -0.2) is 23.3 Å². The van der Waals surface area contributed by atoms with Gasteiger partial charge in [0.25, 0.3) is 0 Å². The predicted octanol–water partition coefficient (Wildman–Crippen LogP) is 0.770. The molecule has 0 aromatic heterocycles. The highest BCUT2D eigenvalue weighted by Gasteiger charge is 2.18. The maximum atomic E-state index is 9.21. The van der Waals surface area contributed by atoms with Gasteiger partial charge in [0.2, 0.25) is 0 Å². The first-order chi connectivity index (χ1) is 6.91. The highest BCUT2D eigenvalue weighted by Crippen LogP contribution is 2.16. The van der Waals surface area contributed by atoms with Gasteiger partial charge in [-0.05, 0) is 44.9 Å². The molecule has 0 unspecified atom stereocenters. The second-order valence-electron chi connectivity index (χ2n) is 4.01. The van der Waals surface area contributed by atoms with E-state index in [1.165, 1.54) is 0 Å². The van der Waals surface area contributed by atoms with Crippen molar-refractivity contribution in [2.45, 2.75) is 33.8 Å². The summed E-state index contributed by atoms with van der Waals surface area (Å²) >= 11 is 0. The van der Waals surface area contributed by atoms with Gasteiger partial charge in [-0.1, -0.05) is 6.07 Å². The lowest BCUT2D eigenvalue weighted by Gasteiger charge is -2.16. The summed E-state index contributed by atoms with van der Waals surface area (Å²) in [5.74, 6) is 0.545. The van der Waals surface area contributed by atoms with Gasteiger partial charge in [-0.3, -0.25) is 0 Å². The summed E-state index contributed by atoms with van der Waals surface area (Å²) < 4.78 is 5.52. The van der Waals surface area contributed by atoms with Gasteiger partial charge in [0.05, 0.1) is 6.10 Å². The van der Waals surface area contributed by atoms with E-state index in [2.05, 4.69) is 0 Å². The monoisotopic (exact) mass is 208 g/mol. The smallest absolute Gasteiger partial charge is 0.491 e. The van der Waals surface area contributed by atoms with E-state index >= 15 is 0 Å². The standard InChI is InChI=1S/C11H17BO3/c1-7(2)15-11-6-9(4)8(3)5-10(11)12(13)14/h5-7,13-14H,1-4H3. The molecule has 0 spiro atoms. The normalized spacial score (nSPS) is 10.6. The molecule has 0 aliphatic heterocycles. The third-order valence-electron chi connectivity index (χ3n) is 2.27. The topological polar surface area (TPSA) is 49.7 Å². The molecule has 0 aliphatic carbocycles. The molecular weight excluding hydrogens is 191 g/mol. The molecule has 0 fully saturated rings. The number of rotatable bonds is 3. The number of hydrogen-bond donors (Lipinski definition) is 2. The zero-order chi connectivity index (χ0) is 11.6. The SMILES string of the molecule is Cc1cc(OC(C)C)c(B(O)O)cc1C. The lowest BCUT2D eigenvalue weighted by molar-refractivity contribution is 0.243. The van der Waals surface area contributed by atoms with Crippen molar-refractivity contribution in [2.75, 3.05) is 0 Å². The fraction of sp³-hybridized carbons (Fsp3) is 0.455. The molecule has 0 amide bonds. The Kier molecular flexibility index (Phi) is 3.77. The van der Waals surface area contributed by atoms with Crippen LogP contribution in [0.15, 0.2) is 12.1 Å². The molecule has 0 saturated carbocycles. The summed E-state index contributed by atoms with van der Waals surface area (Å²) in [5, 5.41) is 18.4. The number of aryl methyl sites for hydroxylation is 2. The van der Waals surface area contributed by atoms with Gasteiger partial charge in [-0.15, -0.1) is 0 Å². The van der Waals surface area contributed by atoms with Crippen LogP contribution in [0.4, 0.5) is 0 Å². The quantitative estimate of drug-likeness (QED) is 0.721. The van der Waals surface area contributed by atoms with Crippen molar-refractivity contribution in [1.82, 2.24) is 0 Å². The molecule has 4 heteroatoms. The fourth-order valence-electron chi connectivity index (χ4n) is 1.37. The second kappa shape index (κ2) is 4.68. The maximum absolute atomic E-state index is 9.21. The van der Waals surface area contributed by atoms with Crippen LogP contribution < -0.4 is 10.2 Å². The molecule has 2 N–H and O–H groups in total. The molecule has 0 atom stereocenters. The molecule has 1 aromatic carbocycles. The second-order valence-corrected chi connectivity index (χ2v) is 4.01. The predicted molar refractivity (Wildman–Crippen MR) is 61.5 cm³/mol. The lowest BCUT2D eigenvalue weighted by atomic mass is 9.78. The highest BCUT2D eigenvalue weighted by molar-refractivity contribution is 6.59. The van der Waals surface area contributed by atoms with Crippen LogP contribution in [0.5, 0.6) is 5.75 Å². The zero-order valence-corrected chi connectivity index (χ0v) is 9.61. The van der Waals surface area contributed by atoms with Crippen molar-refractivity contribution in [1.29, 1.82) is 0 Å². The highest BCUT2D eigenvalue weighted by atomic mass is 16.5. The van der Waals surface area contributed by atoms with E-state index in [0.29, 0.717) is 11.2 Å². The molecule has 82 valence electrons. The maximum Gasteiger partial charge on any atom is 0.492 e. The summed E-state index contributed by atoms with van der Waals surface area (Å²) in [7, 11) is -1.49. The van der Waals surface area contributed by atoms with Gasteiger partial charge < -0.3 is 14.8 Å². The van der Waals surface area contributed by atoms with Crippen molar-refractivity contribution in [3.8, 4) is 5.75 Å². The third-order valence-corrected chi connectivity index (χ3v) is 2.27. The molecule has 0 radical (unpaired) electrons. The number of ether oxygens (including phenoxy) is 1. The van der Waals surface area contributed by atoms with Crippen LogP contribution in [0.3, 0.4) is 0 Å². The average Bonchev–Trinajstić information content (AvgIpc) is 2.09. The minimum Gasteiger partial charge on any atom is -0.491 e. The summed E-state index contributed by atoms with van der Waals surface area (Å²) in [6, 6.07) is 3.59. The Balaban J connectivity index is 3.16. The van der Waals surface area contributed by atoms with Crippen LogP contribution in [0, 0.1) is 13.8 Å². The summed E-state index contributed by atoms with van der Waals surface area (Å²) in [6.45, 7) is 7.71. The first-order valence-corrected chi connectivity index (χ1v) is 5.05. The third kappa shape index (κ3) is 2.98. The van der Waals surface area contributed by atoms with Gasteiger partial charge in [-0.2, -0.15) is 0 Å². The van der Waals surface area contributed by atoms with Crippen LogP contribution in [-0.2, 0) is 0 Å². The zero-order valence-electron chi connectivity index (χ0n) is 9.61. The molecule has 0 saturated heterocycles. The van der Waals surface area contributed by atoms with Gasteiger partial charge >= 0.3 is 7.12 Å². The first-order valence-electron chi connectivity index (χ1n) is 5.05. The molecule has 3 nitrogen and oxygen atoms in total. The Bertz CT molecular complexity index is 348.